The molecule has 0 fully saturated rings. The molecule has 0 saturated heterocycles. The van der Waals surface area contributed by atoms with Gasteiger partial charge in [0.05, 0.1) is 10.9 Å². The second-order valence-corrected chi connectivity index (χ2v) is 17.3. The van der Waals surface area contributed by atoms with Crippen molar-refractivity contribution in [2.75, 3.05) is 6.54 Å². The molecule has 0 amide bonds. The predicted molar refractivity (Wildman–Crippen MR) is 178 cm³/mol. The Morgan fingerprint density at radius 2 is 1.36 bits per heavy atom. The van der Waals surface area contributed by atoms with Crippen LogP contribution in [-0.4, -0.2) is 45.8 Å². The maximum absolute atomic E-state index is 14.6. The van der Waals surface area contributed by atoms with E-state index in [1.54, 1.807) is 43.3 Å². The van der Waals surface area contributed by atoms with Crippen LogP contribution in [0, 0.1) is 0 Å². The maximum Gasteiger partial charge on any atom is 0.243 e. The van der Waals surface area contributed by atoms with Gasteiger partial charge in [-0.05, 0) is 52.9 Å². The number of nitrogens with zero attached hydrogens (tertiary/aromatic N) is 1. The Morgan fingerprint density at radius 3 is 1.89 bits per heavy atom. The molecule has 1 N–H and O–H groups in total. The summed E-state index contributed by atoms with van der Waals surface area (Å²) in [6.45, 7) is 8.52. The van der Waals surface area contributed by atoms with E-state index in [4.69, 9.17) is 9.16 Å². The van der Waals surface area contributed by atoms with Gasteiger partial charge in [-0.25, -0.2) is 8.42 Å². The van der Waals surface area contributed by atoms with E-state index in [1.807, 2.05) is 91.0 Å². The molecule has 0 saturated carbocycles. The van der Waals surface area contributed by atoms with Crippen molar-refractivity contribution in [2.24, 2.45) is 0 Å². The third-order valence-electron chi connectivity index (χ3n) is 7.78. The minimum absolute atomic E-state index is 0.0806. The Hall–Kier alpha value is -3.53. The van der Waals surface area contributed by atoms with Gasteiger partial charge >= 0.3 is 0 Å². The fraction of sp³-hybridized carbons (Fsp3) is 0.278. The molecule has 0 bridgehead atoms. The van der Waals surface area contributed by atoms with Crippen molar-refractivity contribution in [3.63, 3.8) is 0 Å². The third-order valence-corrected chi connectivity index (χ3v) is 11.1. The molecule has 2 unspecified atom stereocenters. The quantitative estimate of drug-likeness (QED) is 0.167. The Kier molecular flexibility index (Phi) is 9.30. The lowest BCUT2D eigenvalue weighted by Crippen LogP contribution is -2.66. The summed E-state index contributed by atoms with van der Waals surface area (Å²) in [7, 11) is -5.39. The molecule has 44 heavy (non-hydrogen) atoms. The van der Waals surface area contributed by atoms with Crippen molar-refractivity contribution < 1.29 is 22.7 Å². The standard InChI is InChI=1S/C36H41NO5SSi/c1-34(2,3)44-42-36(29-17-10-6-11-18-29,30-19-12-7-13-20-30)33-35(4,38)25-14-26-37(33)43(39,40)32-23-21-31(22-24-32)41-27-28-15-8-5-9-16-28/h5-25,33,38H,26-27,44H2,1-4H3. The van der Waals surface area contributed by atoms with E-state index in [9.17, 15) is 13.5 Å². The van der Waals surface area contributed by atoms with Crippen molar-refractivity contribution in [1.82, 2.24) is 4.31 Å². The normalized spacial score (nSPS) is 19.8. The molecule has 6 nitrogen and oxygen atoms in total. The number of hydrogen-bond acceptors (Lipinski definition) is 5. The van der Waals surface area contributed by atoms with Crippen molar-refractivity contribution >= 4 is 19.8 Å². The minimum atomic E-state index is -4.12. The fourth-order valence-corrected chi connectivity index (χ4v) is 8.57. The molecule has 8 heteroatoms. The van der Waals surface area contributed by atoms with Crippen LogP contribution < -0.4 is 4.74 Å². The summed E-state index contributed by atoms with van der Waals surface area (Å²) in [6.07, 6.45) is 3.42. The zero-order chi connectivity index (χ0) is 31.4. The van der Waals surface area contributed by atoms with Gasteiger partial charge in [-0.15, -0.1) is 0 Å². The second-order valence-electron chi connectivity index (χ2n) is 12.7. The first-order valence-corrected chi connectivity index (χ1v) is 17.6. The number of sulfonamides is 1. The molecular formula is C36H41NO5SSi. The van der Waals surface area contributed by atoms with Crippen LogP contribution in [-0.2, 0) is 26.7 Å². The molecule has 4 aromatic rings. The second kappa shape index (κ2) is 12.8. The van der Waals surface area contributed by atoms with Crippen LogP contribution in [0.1, 0.15) is 44.4 Å². The number of benzene rings is 4. The van der Waals surface area contributed by atoms with Crippen molar-refractivity contribution in [2.45, 2.75) is 61.5 Å². The van der Waals surface area contributed by atoms with Crippen LogP contribution in [0.3, 0.4) is 0 Å². The van der Waals surface area contributed by atoms with Crippen LogP contribution in [0.5, 0.6) is 5.75 Å². The highest BCUT2D eigenvalue weighted by molar-refractivity contribution is 7.89. The largest absolute Gasteiger partial charge is 0.489 e. The summed E-state index contributed by atoms with van der Waals surface area (Å²) in [5.41, 5.74) is -0.266. The van der Waals surface area contributed by atoms with Crippen molar-refractivity contribution in [3.05, 3.63) is 144 Å². The lowest BCUT2D eigenvalue weighted by atomic mass is 9.72. The van der Waals surface area contributed by atoms with Gasteiger partial charge in [0, 0.05) is 6.54 Å². The highest BCUT2D eigenvalue weighted by Crippen LogP contribution is 2.47. The summed E-state index contributed by atoms with van der Waals surface area (Å²) < 4.78 is 43.6. The molecule has 0 aliphatic carbocycles. The monoisotopic (exact) mass is 627 g/mol. The first-order chi connectivity index (χ1) is 20.9. The molecule has 0 radical (unpaired) electrons. The molecule has 1 aliphatic rings. The Labute approximate surface area is 264 Å². The molecule has 1 heterocycles. The topological polar surface area (TPSA) is 76.1 Å². The summed E-state index contributed by atoms with van der Waals surface area (Å²) in [5.74, 6) is 0.567. The highest BCUT2D eigenvalue weighted by atomic mass is 32.2. The van der Waals surface area contributed by atoms with Crippen LogP contribution in [0.15, 0.2) is 132 Å². The molecular weight excluding hydrogens is 587 g/mol. The van der Waals surface area contributed by atoms with Crippen LogP contribution in [0.25, 0.3) is 0 Å². The van der Waals surface area contributed by atoms with E-state index in [0.29, 0.717) is 12.4 Å². The molecule has 4 aromatic carbocycles. The SMILES string of the molecule is CC(C)(C)[SiH2]OC(c1ccccc1)(c1ccccc1)C1N(S(=O)(=O)c2ccc(OCc3ccccc3)cc2)CC=CC1(C)O. The van der Waals surface area contributed by atoms with E-state index in [2.05, 4.69) is 20.8 Å². The van der Waals surface area contributed by atoms with Crippen LogP contribution >= 0.6 is 0 Å². The van der Waals surface area contributed by atoms with Gasteiger partial charge in [-0.3, -0.25) is 0 Å². The Bertz CT molecular complexity index is 1610. The minimum Gasteiger partial charge on any atom is -0.489 e. The van der Waals surface area contributed by atoms with Crippen LogP contribution in [0.2, 0.25) is 5.04 Å². The zero-order valence-corrected chi connectivity index (χ0v) is 28.0. The van der Waals surface area contributed by atoms with E-state index < -0.39 is 37.0 Å². The molecule has 230 valence electrons. The predicted octanol–water partition coefficient (Wildman–Crippen LogP) is 6.21. The van der Waals surface area contributed by atoms with Gasteiger partial charge in [0.25, 0.3) is 0 Å². The molecule has 0 spiro atoms. The zero-order valence-electron chi connectivity index (χ0n) is 25.8. The molecule has 0 aromatic heterocycles. The van der Waals surface area contributed by atoms with Gasteiger partial charge in [-0.2, -0.15) is 4.31 Å². The lowest BCUT2D eigenvalue weighted by molar-refractivity contribution is -0.0690. The third kappa shape index (κ3) is 6.75. The summed E-state index contributed by atoms with van der Waals surface area (Å²) >= 11 is 0. The molecule has 5 rings (SSSR count). The van der Waals surface area contributed by atoms with Gasteiger partial charge in [0.15, 0.2) is 9.76 Å². The Balaban J connectivity index is 1.61. The smallest absolute Gasteiger partial charge is 0.243 e. The summed E-state index contributed by atoms with van der Waals surface area (Å²) in [5, 5.41) is 12.0. The van der Waals surface area contributed by atoms with Gasteiger partial charge < -0.3 is 14.3 Å². The fourth-order valence-electron chi connectivity index (χ4n) is 5.75. The van der Waals surface area contributed by atoms with Crippen molar-refractivity contribution in [3.8, 4) is 5.75 Å². The molecule has 2 atom stereocenters. The van der Waals surface area contributed by atoms with Gasteiger partial charge in [0.2, 0.25) is 10.0 Å². The average Bonchev–Trinajstić information content (AvgIpc) is 3.02. The first-order valence-electron chi connectivity index (χ1n) is 14.9. The number of ether oxygens (including phenoxy) is 1. The Morgan fingerprint density at radius 1 is 0.841 bits per heavy atom. The first kappa shape index (κ1) is 31.9. The molecule has 1 aliphatic heterocycles. The van der Waals surface area contributed by atoms with Crippen molar-refractivity contribution in [1.29, 1.82) is 0 Å². The van der Waals surface area contributed by atoms with Gasteiger partial charge in [-0.1, -0.05) is 124 Å². The summed E-state index contributed by atoms with van der Waals surface area (Å²) in [4.78, 5) is 0.115. The van der Waals surface area contributed by atoms with Gasteiger partial charge in [0.1, 0.15) is 23.6 Å². The van der Waals surface area contributed by atoms with E-state index >= 15 is 0 Å². The lowest BCUT2D eigenvalue weighted by Gasteiger charge is -2.53. The maximum atomic E-state index is 14.6. The van der Waals surface area contributed by atoms with E-state index in [1.165, 1.54) is 4.31 Å². The summed E-state index contributed by atoms with van der Waals surface area (Å²) in [6, 6.07) is 34.7. The number of aliphatic hydroxyl groups is 1. The average molecular weight is 628 g/mol. The number of rotatable bonds is 10. The van der Waals surface area contributed by atoms with E-state index in [0.717, 1.165) is 16.7 Å². The number of hydrogen-bond donors (Lipinski definition) is 1. The highest BCUT2D eigenvalue weighted by Gasteiger charge is 2.57. The van der Waals surface area contributed by atoms with Crippen LogP contribution in [0.4, 0.5) is 0 Å². The van der Waals surface area contributed by atoms with E-state index in [-0.39, 0.29) is 16.5 Å².